The van der Waals surface area contributed by atoms with E-state index in [4.69, 9.17) is 0 Å². The van der Waals surface area contributed by atoms with Crippen LogP contribution in [0.5, 0.6) is 0 Å². The molecule has 0 unspecified atom stereocenters. The molecule has 4 heterocycles. The molecule has 10 heteroatoms. The van der Waals surface area contributed by atoms with Crippen LogP contribution in [0.3, 0.4) is 0 Å². The van der Waals surface area contributed by atoms with Crippen molar-refractivity contribution in [3.63, 3.8) is 0 Å². The van der Waals surface area contributed by atoms with E-state index in [1.807, 2.05) is 35.9 Å². The average Bonchev–Trinajstić information content (AvgIpc) is 3.48. The second-order valence-electron chi connectivity index (χ2n) is 6.78. The first-order chi connectivity index (χ1) is 15.1. The number of aryl methyl sites for hydroxylation is 1. The minimum Gasteiger partial charge on any atom is -0.296 e. The number of amides is 1. The zero-order valence-corrected chi connectivity index (χ0v) is 17.9. The maximum Gasteiger partial charge on any atom is 0.267 e. The number of nitrogens with one attached hydrogen (secondary N) is 1. The van der Waals surface area contributed by atoms with Gasteiger partial charge in [-0.05, 0) is 42.8 Å². The summed E-state index contributed by atoms with van der Waals surface area (Å²) in [4.78, 5) is 18.5. The molecule has 0 radical (unpaired) electrons. The van der Waals surface area contributed by atoms with Crippen molar-refractivity contribution in [1.82, 2.24) is 25.0 Å². The largest absolute Gasteiger partial charge is 0.296 e. The predicted octanol–water partition coefficient (Wildman–Crippen LogP) is 4.76. The number of hydrogen-bond donors (Lipinski definition) is 1. The van der Waals surface area contributed by atoms with Crippen molar-refractivity contribution in [3.05, 3.63) is 76.7 Å². The molecule has 5 aromatic rings. The Morgan fingerprint density at radius 2 is 1.97 bits per heavy atom. The van der Waals surface area contributed by atoms with E-state index < -0.39 is 0 Å². The number of carbonyl (C=O) groups excluding carboxylic acids is 1. The van der Waals surface area contributed by atoms with Crippen molar-refractivity contribution >= 4 is 43.9 Å². The highest BCUT2D eigenvalue weighted by atomic mass is 32.1. The molecule has 31 heavy (non-hydrogen) atoms. The van der Waals surface area contributed by atoms with E-state index in [1.165, 1.54) is 34.8 Å². The Hall–Kier alpha value is -3.50. The highest BCUT2D eigenvalue weighted by molar-refractivity contribution is 7.21. The van der Waals surface area contributed by atoms with Gasteiger partial charge in [-0.15, -0.1) is 21.5 Å². The summed E-state index contributed by atoms with van der Waals surface area (Å²) in [5, 5.41) is 17.5. The van der Waals surface area contributed by atoms with Crippen molar-refractivity contribution < 1.29 is 9.18 Å². The van der Waals surface area contributed by atoms with Crippen LogP contribution >= 0.6 is 22.7 Å². The van der Waals surface area contributed by atoms with Gasteiger partial charge >= 0.3 is 0 Å². The number of halogens is 1. The highest BCUT2D eigenvalue weighted by Crippen LogP contribution is 2.30. The van der Waals surface area contributed by atoms with E-state index in [-0.39, 0.29) is 11.7 Å². The number of rotatable bonds is 5. The summed E-state index contributed by atoms with van der Waals surface area (Å²) in [6.07, 6.45) is 1.68. The van der Waals surface area contributed by atoms with Gasteiger partial charge in [-0.2, -0.15) is 5.10 Å². The van der Waals surface area contributed by atoms with Gasteiger partial charge in [-0.25, -0.2) is 4.39 Å². The van der Waals surface area contributed by atoms with Crippen molar-refractivity contribution in [2.45, 2.75) is 13.5 Å². The van der Waals surface area contributed by atoms with Gasteiger partial charge in [0.15, 0.2) is 5.01 Å². The van der Waals surface area contributed by atoms with Gasteiger partial charge in [0.2, 0.25) is 5.13 Å². The average molecular weight is 451 g/mol. The summed E-state index contributed by atoms with van der Waals surface area (Å²) in [5.74, 6) is -0.527. The summed E-state index contributed by atoms with van der Waals surface area (Å²) in [6, 6.07) is 13.7. The molecule has 5 rings (SSSR count). The van der Waals surface area contributed by atoms with Crippen LogP contribution in [0.15, 0.2) is 54.7 Å². The van der Waals surface area contributed by atoms with Gasteiger partial charge in [-0.1, -0.05) is 29.5 Å². The molecule has 7 nitrogen and oxygen atoms in total. The topological polar surface area (TPSA) is 85.6 Å². The van der Waals surface area contributed by atoms with Gasteiger partial charge in [-0.3, -0.25) is 19.8 Å². The fourth-order valence-corrected chi connectivity index (χ4v) is 4.89. The SMILES string of the molecule is Cc1nn(Cc2ccc(F)cc2)c2sc(C(=O)Nc3nnc(-c4ccccn4)s3)cc12. The quantitative estimate of drug-likeness (QED) is 0.417. The molecule has 1 aromatic carbocycles. The number of hydrogen-bond acceptors (Lipinski definition) is 7. The lowest BCUT2D eigenvalue weighted by molar-refractivity contribution is 0.103. The van der Waals surface area contributed by atoms with Gasteiger partial charge in [0.05, 0.1) is 17.1 Å². The lowest BCUT2D eigenvalue weighted by Gasteiger charge is -2.03. The molecular weight excluding hydrogens is 435 g/mol. The van der Waals surface area contributed by atoms with Crippen LogP contribution in [-0.4, -0.2) is 30.9 Å². The van der Waals surface area contributed by atoms with E-state index in [0.717, 1.165) is 21.5 Å². The number of nitrogens with zero attached hydrogens (tertiary/aromatic N) is 5. The van der Waals surface area contributed by atoms with Gasteiger partial charge in [0.25, 0.3) is 5.91 Å². The van der Waals surface area contributed by atoms with Crippen molar-refractivity contribution in [1.29, 1.82) is 0 Å². The molecular formula is C21H15FN6OS2. The second-order valence-corrected chi connectivity index (χ2v) is 8.79. The molecule has 1 N–H and O–H groups in total. The molecule has 0 atom stereocenters. The van der Waals surface area contributed by atoms with Crippen LogP contribution < -0.4 is 5.32 Å². The first-order valence-electron chi connectivity index (χ1n) is 9.34. The number of aromatic nitrogens is 5. The highest BCUT2D eigenvalue weighted by Gasteiger charge is 2.18. The normalized spacial score (nSPS) is 11.2. The lowest BCUT2D eigenvalue weighted by Crippen LogP contribution is -2.09. The molecule has 1 amide bonds. The molecule has 0 aliphatic rings. The summed E-state index contributed by atoms with van der Waals surface area (Å²) >= 11 is 2.62. The Morgan fingerprint density at radius 3 is 2.74 bits per heavy atom. The lowest BCUT2D eigenvalue weighted by atomic mass is 10.2. The van der Waals surface area contributed by atoms with E-state index in [0.29, 0.717) is 27.3 Å². The third kappa shape index (κ3) is 3.94. The Bertz CT molecular complexity index is 1370. The molecule has 0 aliphatic heterocycles. The molecule has 0 fully saturated rings. The van der Waals surface area contributed by atoms with Gasteiger partial charge in [0, 0.05) is 11.6 Å². The Balaban J connectivity index is 1.37. The van der Waals surface area contributed by atoms with Crippen molar-refractivity contribution in [3.8, 4) is 10.7 Å². The third-order valence-corrected chi connectivity index (χ3v) is 6.61. The molecule has 154 valence electrons. The van der Waals surface area contributed by atoms with Crippen LogP contribution in [0.25, 0.3) is 20.9 Å². The number of carbonyl (C=O) groups is 1. The fraction of sp³-hybridized carbons (Fsp3) is 0.0952. The number of benzene rings is 1. The number of pyridine rings is 1. The smallest absolute Gasteiger partial charge is 0.267 e. The predicted molar refractivity (Wildman–Crippen MR) is 119 cm³/mol. The molecule has 0 saturated heterocycles. The zero-order chi connectivity index (χ0) is 21.4. The first kappa shape index (κ1) is 19.5. The maximum absolute atomic E-state index is 13.2. The van der Waals surface area contributed by atoms with Gasteiger partial charge < -0.3 is 0 Å². The minimum atomic E-state index is -0.275. The second kappa shape index (κ2) is 7.97. The van der Waals surface area contributed by atoms with Crippen LogP contribution in [0.4, 0.5) is 9.52 Å². The summed E-state index contributed by atoms with van der Waals surface area (Å²) < 4.78 is 15.0. The number of anilines is 1. The van der Waals surface area contributed by atoms with Crippen LogP contribution in [0, 0.1) is 12.7 Å². The monoisotopic (exact) mass is 450 g/mol. The Labute approximate surface area is 184 Å². The number of thiophene rings is 1. The maximum atomic E-state index is 13.2. The van der Waals surface area contributed by atoms with E-state index in [1.54, 1.807) is 18.3 Å². The first-order valence-corrected chi connectivity index (χ1v) is 11.0. The van der Waals surface area contributed by atoms with Crippen molar-refractivity contribution in [2.75, 3.05) is 5.32 Å². The third-order valence-electron chi connectivity index (χ3n) is 4.61. The standard InChI is InChI=1S/C21H15FN6OS2/c1-12-15-10-17(30-20(15)28(27-12)11-13-5-7-14(22)8-6-13)18(29)24-21-26-25-19(31-21)16-4-2-3-9-23-16/h2-10H,11H2,1H3,(H,24,26,29). The molecule has 4 aromatic heterocycles. The summed E-state index contributed by atoms with van der Waals surface area (Å²) in [6.45, 7) is 2.40. The van der Waals surface area contributed by atoms with E-state index >= 15 is 0 Å². The van der Waals surface area contributed by atoms with Crippen LogP contribution in [0.2, 0.25) is 0 Å². The van der Waals surface area contributed by atoms with Crippen LogP contribution in [0.1, 0.15) is 20.9 Å². The Kier molecular flexibility index (Phi) is 5.00. The zero-order valence-electron chi connectivity index (χ0n) is 16.2. The summed E-state index contributed by atoms with van der Waals surface area (Å²) in [7, 11) is 0. The Morgan fingerprint density at radius 1 is 1.13 bits per heavy atom. The van der Waals surface area contributed by atoms with E-state index in [9.17, 15) is 9.18 Å². The van der Waals surface area contributed by atoms with E-state index in [2.05, 4.69) is 25.6 Å². The molecule has 0 aliphatic carbocycles. The number of fused-ring (bicyclic) bond motifs is 1. The van der Waals surface area contributed by atoms with Crippen molar-refractivity contribution in [2.24, 2.45) is 0 Å². The summed E-state index contributed by atoms with van der Waals surface area (Å²) in [5.41, 5.74) is 2.47. The van der Waals surface area contributed by atoms with Gasteiger partial charge in [0.1, 0.15) is 16.3 Å². The molecule has 0 spiro atoms. The van der Waals surface area contributed by atoms with Crippen LogP contribution in [-0.2, 0) is 6.54 Å². The minimum absolute atomic E-state index is 0.252. The molecule has 0 bridgehead atoms. The fourth-order valence-electron chi connectivity index (χ4n) is 3.12. The molecule has 0 saturated carbocycles.